The van der Waals surface area contributed by atoms with Crippen molar-refractivity contribution in [3.8, 4) is 66.9 Å². The van der Waals surface area contributed by atoms with E-state index in [0.717, 1.165) is 46.3 Å². The molecule has 0 saturated heterocycles. The molecule has 4 nitrogen and oxygen atoms in total. The summed E-state index contributed by atoms with van der Waals surface area (Å²) in [6.45, 7) is 1.61. The third kappa shape index (κ3) is 5.71. The molecule has 0 aliphatic heterocycles. The number of carbonyl (C=O) groups is 2. The summed E-state index contributed by atoms with van der Waals surface area (Å²) in [7, 11) is 0. The molecule has 0 spiro atoms. The van der Waals surface area contributed by atoms with E-state index in [1.54, 1.807) is 13.0 Å². The van der Waals surface area contributed by atoms with Gasteiger partial charge in [0.15, 0.2) is 11.6 Å². The molecule has 4 aliphatic carbocycles. The number of hydrogen-bond acceptors (Lipinski definition) is 4. The number of nitrogens with zero attached hydrogens (tertiary/aromatic N) is 1. The summed E-state index contributed by atoms with van der Waals surface area (Å²) in [6, 6.07) is 60.7. The average molecular weight is 771 g/mol. The van der Waals surface area contributed by atoms with Crippen LogP contribution in [-0.4, -0.2) is 16.6 Å². The highest BCUT2D eigenvalue weighted by Crippen LogP contribution is 2.48. The normalized spacial score (nSPS) is 12.4. The van der Waals surface area contributed by atoms with E-state index >= 15 is 0 Å². The molecule has 1 heterocycles. The zero-order valence-corrected chi connectivity index (χ0v) is 33.0. The van der Waals surface area contributed by atoms with Crippen LogP contribution in [0.5, 0.6) is 0 Å². The van der Waals surface area contributed by atoms with Crippen molar-refractivity contribution in [3.63, 3.8) is 0 Å². The number of nitrogen functional groups attached to an aromatic ring is 1. The minimum absolute atomic E-state index is 0.0405. The maximum atomic E-state index is 12.0. The molecule has 0 bridgehead atoms. The van der Waals surface area contributed by atoms with Gasteiger partial charge in [-0.3, -0.25) is 9.59 Å². The highest BCUT2D eigenvalue weighted by Gasteiger charge is 2.28. The quantitative estimate of drug-likeness (QED) is 0.140. The first-order valence-electron chi connectivity index (χ1n) is 20.4. The summed E-state index contributed by atoms with van der Waals surface area (Å²) >= 11 is 0. The van der Waals surface area contributed by atoms with Crippen molar-refractivity contribution in [3.05, 3.63) is 215 Å². The lowest BCUT2D eigenvalue weighted by Crippen LogP contribution is -1.99. The molecule has 0 atom stereocenters. The number of ketones is 2. The second-order valence-corrected chi connectivity index (χ2v) is 15.9. The fraction of sp³-hybridized carbons (Fsp3) is 0.0536. The molecule has 0 saturated carbocycles. The number of hydrogen-bond donors (Lipinski definition) is 1. The van der Waals surface area contributed by atoms with Gasteiger partial charge in [0, 0.05) is 27.8 Å². The molecule has 4 aliphatic rings. The van der Waals surface area contributed by atoms with Gasteiger partial charge in [-0.1, -0.05) is 146 Å². The Labute approximate surface area is 348 Å². The van der Waals surface area contributed by atoms with Crippen molar-refractivity contribution in [1.82, 2.24) is 4.98 Å². The summed E-state index contributed by atoms with van der Waals surface area (Å²) in [5.41, 5.74) is 29.9. The lowest BCUT2D eigenvalue weighted by atomic mass is 9.99. The van der Waals surface area contributed by atoms with Crippen molar-refractivity contribution in [2.75, 3.05) is 5.73 Å². The monoisotopic (exact) mass is 770 g/mol. The molecule has 0 amide bonds. The fourth-order valence-corrected chi connectivity index (χ4v) is 9.59. The van der Waals surface area contributed by atoms with E-state index in [1.165, 1.54) is 77.7 Å². The largest absolute Gasteiger partial charge is 0.398 e. The smallest absolute Gasteiger partial charge is 0.196 e. The Bertz CT molecular complexity index is 3280. The van der Waals surface area contributed by atoms with Crippen LogP contribution in [0.25, 0.3) is 77.8 Å². The van der Waals surface area contributed by atoms with Crippen LogP contribution in [-0.2, 0) is 12.8 Å². The van der Waals surface area contributed by atoms with Crippen molar-refractivity contribution in [1.29, 1.82) is 0 Å². The first-order valence-corrected chi connectivity index (χ1v) is 20.4. The number of anilines is 1. The fourth-order valence-electron chi connectivity index (χ4n) is 9.59. The van der Waals surface area contributed by atoms with E-state index in [1.807, 2.05) is 48.5 Å². The van der Waals surface area contributed by atoms with Crippen molar-refractivity contribution in [2.45, 2.75) is 19.8 Å². The summed E-state index contributed by atoms with van der Waals surface area (Å²) < 4.78 is 0. The standard InChI is InChI=1S/C28H17N.C15H12O.C13H9NO/c1-2-7-20-17(6-1)14-19-15-18(12-13-21(19)20)27-16-25-23-9-4-3-8-22(23)24-10-5-11-26(29-27)28(24)25;1-10(16)11-6-7-15-13(8-11)9-12-4-2-3-5-14(12)15;14-11-7-3-6-9-8-4-1-2-5-10(8)13(15)12(9)11/h1-13,15-16H,14H2;2-8H,9H2,1H3;1-7H,14H2. The molecule has 8 aromatic carbocycles. The van der Waals surface area contributed by atoms with Gasteiger partial charge in [-0.2, -0.15) is 0 Å². The van der Waals surface area contributed by atoms with Crippen molar-refractivity contribution in [2.24, 2.45) is 0 Å². The second-order valence-electron chi connectivity index (χ2n) is 15.9. The number of Topliss-reactive ketones (excluding diaryl/α,β-unsaturated/α-hetero) is 1. The van der Waals surface area contributed by atoms with E-state index < -0.39 is 0 Å². The molecule has 0 unspecified atom stereocenters. The molecule has 0 fully saturated rings. The summed E-state index contributed by atoms with van der Waals surface area (Å²) in [4.78, 5) is 28.4. The van der Waals surface area contributed by atoms with Crippen LogP contribution in [0.3, 0.4) is 0 Å². The molecule has 284 valence electrons. The zero-order chi connectivity index (χ0) is 40.5. The lowest BCUT2D eigenvalue weighted by Gasteiger charge is -2.09. The number of nitrogens with two attached hydrogens (primary N) is 1. The van der Waals surface area contributed by atoms with Crippen LogP contribution < -0.4 is 5.73 Å². The molecule has 1 aromatic heterocycles. The molecule has 9 aromatic rings. The molecule has 2 N–H and O–H groups in total. The minimum atomic E-state index is 0.0405. The van der Waals surface area contributed by atoms with Crippen LogP contribution in [0.2, 0.25) is 0 Å². The van der Waals surface area contributed by atoms with Gasteiger partial charge in [0.1, 0.15) is 0 Å². The van der Waals surface area contributed by atoms with Crippen molar-refractivity contribution < 1.29 is 9.59 Å². The molecule has 0 radical (unpaired) electrons. The lowest BCUT2D eigenvalue weighted by molar-refractivity contribution is 0.101. The highest BCUT2D eigenvalue weighted by atomic mass is 16.1. The van der Waals surface area contributed by atoms with E-state index in [2.05, 4.69) is 121 Å². The van der Waals surface area contributed by atoms with E-state index in [-0.39, 0.29) is 11.6 Å². The first-order chi connectivity index (χ1) is 29.4. The van der Waals surface area contributed by atoms with Gasteiger partial charge in [-0.15, -0.1) is 0 Å². The number of carbonyl (C=O) groups excluding carboxylic acids is 2. The highest BCUT2D eigenvalue weighted by molar-refractivity contribution is 6.24. The minimum Gasteiger partial charge on any atom is -0.398 e. The molecular weight excluding hydrogens is 733 g/mol. The van der Waals surface area contributed by atoms with Crippen LogP contribution >= 0.6 is 0 Å². The average Bonchev–Trinajstić information content (AvgIpc) is 4.03. The summed E-state index contributed by atoms with van der Waals surface area (Å²) in [5.74, 6) is 0.178. The summed E-state index contributed by atoms with van der Waals surface area (Å²) in [5, 5.41) is 1.28. The number of aromatic nitrogens is 1. The maximum absolute atomic E-state index is 12.0. The van der Waals surface area contributed by atoms with Gasteiger partial charge < -0.3 is 5.73 Å². The number of rotatable bonds is 2. The van der Waals surface area contributed by atoms with Crippen LogP contribution in [0, 0.1) is 0 Å². The topological polar surface area (TPSA) is 73.1 Å². The van der Waals surface area contributed by atoms with Crippen LogP contribution in [0.1, 0.15) is 55.5 Å². The van der Waals surface area contributed by atoms with Gasteiger partial charge in [0.2, 0.25) is 0 Å². The number of pyridine rings is 1. The third-order valence-corrected chi connectivity index (χ3v) is 12.4. The van der Waals surface area contributed by atoms with Gasteiger partial charge in [0.25, 0.3) is 0 Å². The van der Waals surface area contributed by atoms with E-state index in [0.29, 0.717) is 11.3 Å². The Balaban J connectivity index is 0.000000112. The van der Waals surface area contributed by atoms with E-state index in [9.17, 15) is 9.59 Å². The number of fused-ring (bicyclic) bond motifs is 12. The van der Waals surface area contributed by atoms with Crippen LogP contribution in [0.15, 0.2) is 176 Å². The van der Waals surface area contributed by atoms with Crippen LogP contribution in [0.4, 0.5) is 5.69 Å². The van der Waals surface area contributed by atoms with Crippen molar-refractivity contribution >= 4 is 28.2 Å². The predicted molar refractivity (Wildman–Crippen MR) is 244 cm³/mol. The Morgan fingerprint density at radius 1 is 0.467 bits per heavy atom. The van der Waals surface area contributed by atoms with E-state index in [4.69, 9.17) is 10.7 Å². The molecule has 60 heavy (non-hydrogen) atoms. The van der Waals surface area contributed by atoms with Gasteiger partial charge in [-0.25, -0.2) is 4.98 Å². The Morgan fingerprint density at radius 3 is 1.67 bits per heavy atom. The molecule has 13 rings (SSSR count). The number of benzene rings is 8. The SMILES string of the molecule is CC(=O)c1ccc2c(c1)Cc1ccccc1-2.Nc1cccc2c1C(=O)c1ccccc1-2.c1ccc2c(c1)Cc1cc(-c3cc4c5c(cccc5n3)-c3ccccc3-4)ccc1-2. The predicted octanol–water partition coefficient (Wildman–Crippen LogP) is 13.1. The zero-order valence-electron chi connectivity index (χ0n) is 33.0. The van der Waals surface area contributed by atoms with Gasteiger partial charge in [-0.05, 0) is 128 Å². The summed E-state index contributed by atoms with van der Waals surface area (Å²) in [6.07, 6.45) is 1.96. The Morgan fingerprint density at radius 2 is 0.983 bits per heavy atom. The Hall–Kier alpha value is -7.69. The Kier molecular flexibility index (Phi) is 8.28. The maximum Gasteiger partial charge on any atom is 0.196 e. The first kappa shape index (κ1) is 35.5. The third-order valence-electron chi connectivity index (χ3n) is 12.4. The van der Waals surface area contributed by atoms with Gasteiger partial charge >= 0.3 is 0 Å². The second kappa shape index (κ2) is 14.0. The molecular formula is C56H38N2O2. The molecule has 4 heteroatoms. The van der Waals surface area contributed by atoms with Gasteiger partial charge in [0.05, 0.1) is 16.8 Å².